The highest BCUT2D eigenvalue weighted by molar-refractivity contribution is 5.93. The number of hydrogen-bond donors (Lipinski definition) is 2. The van der Waals surface area contributed by atoms with Gasteiger partial charge in [0.25, 0.3) is 0 Å². The highest BCUT2D eigenvalue weighted by Gasteiger charge is 2.14. The quantitative estimate of drug-likeness (QED) is 0.474. The highest BCUT2D eigenvalue weighted by Crippen LogP contribution is 2.28. The third-order valence-electron chi connectivity index (χ3n) is 6.39. The maximum absolute atomic E-state index is 11.1. The van der Waals surface area contributed by atoms with Gasteiger partial charge >= 0.3 is 5.97 Å². The van der Waals surface area contributed by atoms with Crippen molar-refractivity contribution in [2.24, 2.45) is 0 Å². The van der Waals surface area contributed by atoms with Crippen LogP contribution in [0.15, 0.2) is 60.9 Å². The number of piperazine rings is 1. The Balaban J connectivity index is 1.33. The van der Waals surface area contributed by atoms with E-state index in [1.165, 1.54) is 5.56 Å². The molecular weight excluding hydrogens is 414 g/mol. The highest BCUT2D eigenvalue weighted by atomic mass is 16.4. The lowest BCUT2D eigenvalue weighted by atomic mass is 10.1. The maximum atomic E-state index is 11.1. The van der Waals surface area contributed by atoms with Crippen molar-refractivity contribution in [2.45, 2.75) is 6.42 Å². The number of benzene rings is 2. The van der Waals surface area contributed by atoms with Crippen molar-refractivity contribution in [3.63, 3.8) is 0 Å². The molecule has 7 nitrogen and oxygen atoms in total. The third kappa shape index (κ3) is 4.65. The number of nitrogens with zero attached hydrogens (tertiary/aromatic N) is 4. The van der Waals surface area contributed by atoms with Gasteiger partial charge < -0.3 is 19.9 Å². The number of aromatic nitrogens is 3. The number of carboxylic acids is 1. The average molecular weight is 442 g/mol. The minimum Gasteiger partial charge on any atom is -0.478 e. The fourth-order valence-corrected chi connectivity index (χ4v) is 4.24. The number of fused-ring (bicyclic) bond motifs is 1. The van der Waals surface area contributed by atoms with Gasteiger partial charge in [-0.2, -0.15) is 0 Å². The Kier molecular flexibility index (Phi) is 5.90. The number of H-pyrrole nitrogens is 1. The molecular formula is C26H27N5O2. The number of aromatic carboxylic acids is 1. The molecule has 168 valence electrons. The second kappa shape index (κ2) is 9.13. The van der Waals surface area contributed by atoms with E-state index in [9.17, 15) is 4.79 Å². The number of hydrogen-bond acceptors (Lipinski definition) is 5. The van der Waals surface area contributed by atoms with Crippen LogP contribution >= 0.6 is 0 Å². The van der Waals surface area contributed by atoms with Gasteiger partial charge in [0.1, 0.15) is 5.52 Å². The molecule has 0 atom stereocenters. The van der Waals surface area contributed by atoms with Crippen molar-refractivity contribution in [3.05, 3.63) is 72.1 Å². The van der Waals surface area contributed by atoms with Gasteiger partial charge in [0.15, 0.2) is 5.65 Å². The normalized spacial score (nSPS) is 15.2. The summed E-state index contributed by atoms with van der Waals surface area (Å²) in [6.45, 7) is 5.66. The molecule has 0 unspecified atom stereocenters. The van der Waals surface area contributed by atoms with Gasteiger partial charge in [-0.25, -0.2) is 14.8 Å². The summed E-state index contributed by atoms with van der Waals surface area (Å²) in [5.41, 5.74) is 6.72. The smallest absolute Gasteiger partial charge is 0.335 e. The Morgan fingerprint density at radius 1 is 1.00 bits per heavy atom. The summed E-state index contributed by atoms with van der Waals surface area (Å²) in [5.74, 6) is -0.936. The number of aromatic amines is 1. The van der Waals surface area contributed by atoms with Gasteiger partial charge in [0, 0.05) is 50.0 Å². The SMILES string of the molecule is CN1CCN(CCc2ccc(-c3cnc4[nH]cc(-c5ccc(C(=O)O)cc5)c4n3)cc2)CC1. The van der Waals surface area contributed by atoms with Crippen LogP contribution in [0.4, 0.5) is 0 Å². The van der Waals surface area contributed by atoms with E-state index in [1.807, 2.05) is 6.20 Å². The van der Waals surface area contributed by atoms with E-state index < -0.39 is 5.97 Å². The van der Waals surface area contributed by atoms with Crippen molar-refractivity contribution in [1.82, 2.24) is 24.8 Å². The topological polar surface area (TPSA) is 85.3 Å². The van der Waals surface area contributed by atoms with Gasteiger partial charge in [-0.05, 0) is 36.7 Å². The predicted octanol–water partition coefficient (Wildman–Crippen LogP) is 3.78. The monoisotopic (exact) mass is 441 g/mol. The van der Waals surface area contributed by atoms with Crippen LogP contribution in [0.5, 0.6) is 0 Å². The minimum absolute atomic E-state index is 0.262. The average Bonchev–Trinajstić information content (AvgIpc) is 3.27. The van der Waals surface area contributed by atoms with E-state index in [4.69, 9.17) is 10.1 Å². The summed E-state index contributed by atoms with van der Waals surface area (Å²) >= 11 is 0. The summed E-state index contributed by atoms with van der Waals surface area (Å²) in [6.07, 6.45) is 4.70. The zero-order chi connectivity index (χ0) is 22.8. The van der Waals surface area contributed by atoms with E-state index in [1.54, 1.807) is 30.5 Å². The molecule has 3 heterocycles. The standard InChI is InChI=1S/C26H27N5O2/c1-30-12-14-31(15-13-30)11-10-18-2-4-20(5-3-18)23-17-28-25-24(29-23)22(16-27-25)19-6-8-21(9-7-19)26(32)33/h2-9,16-17H,10-15H2,1H3,(H,27,28)(H,32,33). The third-order valence-corrected chi connectivity index (χ3v) is 6.39. The Bertz CT molecular complexity index is 1260. The number of likely N-dealkylation sites (N-methyl/N-ethyl adjacent to an activating group) is 1. The van der Waals surface area contributed by atoms with Crippen LogP contribution in [-0.2, 0) is 6.42 Å². The first-order valence-electron chi connectivity index (χ1n) is 11.2. The molecule has 1 saturated heterocycles. The zero-order valence-corrected chi connectivity index (χ0v) is 18.7. The van der Waals surface area contributed by atoms with Gasteiger partial charge in [-0.15, -0.1) is 0 Å². The molecule has 7 heteroatoms. The van der Waals surface area contributed by atoms with Gasteiger partial charge in [-0.1, -0.05) is 36.4 Å². The Hall–Kier alpha value is -3.55. The summed E-state index contributed by atoms with van der Waals surface area (Å²) < 4.78 is 0. The van der Waals surface area contributed by atoms with Crippen molar-refractivity contribution >= 4 is 17.1 Å². The largest absolute Gasteiger partial charge is 0.478 e. The van der Waals surface area contributed by atoms with Gasteiger partial charge in [0.05, 0.1) is 17.5 Å². The van der Waals surface area contributed by atoms with Crippen molar-refractivity contribution in [2.75, 3.05) is 39.8 Å². The number of carbonyl (C=O) groups is 1. The van der Waals surface area contributed by atoms with E-state index in [0.717, 1.165) is 67.0 Å². The summed E-state index contributed by atoms with van der Waals surface area (Å²) in [4.78, 5) is 28.6. The molecule has 1 aliphatic heterocycles. The molecule has 2 N–H and O–H groups in total. The van der Waals surface area contributed by atoms with E-state index in [2.05, 4.69) is 51.1 Å². The Morgan fingerprint density at radius 3 is 2.39 bits per heavy atom. The lowest BCUT2D eigenvalue weighted by molar-refractivity contribution is 0.0697. The molecule has 0 amide bonds. The molecule has 4 aromatic rings. The fourth-order valence-electron chi connectivity index (χ4n) is 4.24. The van der Waals surface area contributed by atoms with Crippen molar-refractivity contribution in [3.8, 4) is 22.4 Å². The molecule has 5 rings (SSSR count). The van der Waals surface area contributed by atoms with Crippen LogP contribution in [0, 0.1) is 0 Å². The van der Waals surface area contributed by atoms with Crippen molar-refractivity contribution in [1.29, 1.82) is 0 Å². The molecule has 1 fully saturated rings. The molecule has 0 bridgehead atoms. The Morgan fingerprint density at radius 2 is 1.70 bits per heavy atom. The number of carboxylic acid groups (broad SMARTS) is 1. The first kappa shape index (κ1) is 21.3. The molecule has 0 aliphatic carbocycles. The first-order chi connectivity index (χ1) is 16.1. The van der Waals surface area contributed by atoms with Crippen LogP contribution in [0.2, 0.25) is 0 Å². The summed E-state index contributed by atoms with van der Waals surface area (Å²) in [6, 6.07) is 15.4. The molecule has 1 aliphatic rings. The van der Waals surface area contributed by atoms with Crippen LogP contribution in [0.1, 0.15) is 15.9 Å². The van der Waals surface area contributed by atoms with Crippen LogP contribution < -0.4 is 0 Å². The Labute approximate surface area is 192 Å². The van der Waals surface area contributed by atoms with E-state index in [0.29, 0.717) is 5.65 Å². The second-order valence-electron chi connectivity index (χ2n) is 8.63. The van der Waals surface area contributed by atoms with Crippen molar-refractivity contribution < 1.29 is 9.90 Å². The van der Waals surface area contributed by atoms with Crippen LogP contribution in [0.3, 0.4) is 0 Å². The predicted molar refractivity (Wildman–Crippen MR) is 129 cm³/mol. The van der Waals surface area contributed by atoms with Crippen LogP contribution in [-0.4, -0.2) is 75.6 Å². The maximum Gasteiger partial charge on any atom is 0.335 e. The second-order valence-corrected chi connectivity index (χ2v) is 8.63. The zero-order valence-electron chi connectivity index (χ0n) is 18.7. The minimum atomic E-state index is -0.936. The van der Waals surface area contributed by atoms with E-state index >= 15 is 0 Å². The lowest BCUT2D eigenvalue weighted by Crippen LogP contribution is -2.45. The van der Waals surface area contributed by atoms with Gasteiger partial charge in [-0.3, -0.25) is 0 Å². The molecule has 33 heavy (non-hydrogen) atoms. The van der Waals surface area contributed by atoms with Crippen LogP contribution in [0.25, 0.3) is 33.5 Å². The fraction of sp³-hybridized carbons (Fsp3) is 0.269. The summed E-state index contributed by atoms with van der Waals surface area (Å²) in [5, 5.41) is 9.14. The molecule has 2 aromatic heterocycles. The molecule has 0 radical (unpaired) electrons. The first-order valence-corrected chi connectivity index (χ1v) is 11.2. The number of rotatable bonds is 6. The lowest BCUT2D eigenvalue weighted by Gasteiger charge is -2.32. The molecule has 0 spiro atoms. The molecule has 2 aromatic carbocycles. The van der Waals surface area contributed by atoms with E-state index in [-0.39, 0.29) is 5.56 Å². The summed E-state index contributed by atoms with van der Waals surface area (Å²) in [7, 11) is 2.18. The van der Waals surface area contributed by atoms with Gasteiger partial charge in [0.2, 0.25) is 0 Å². The molecule has 0 saturated carbocycles. The number of nitrogens with one attached hydrogen (secondary N) is 1.